The molecule has 5 nitrogen and oxygen atoms in total. The van der Waals surface area contributed by atoms with Gasteiger partial charge in [-0.25, -0.2) is 9.18 Å². The van der Waals surface area contributed by atoms with Crippen molar-refractivity contribution >= 4 is 27.9 Å². The molecule has 0 spiro atoms. The molecule has 0 aliphatic rings. The van der Waals surface area contributed by atoms with Crippen LogP contribution in [0.5, 0.6) is 5.75 Å². The van der Waals surface area contributed by atoms with E-state index in [4.69, 9.17) is 4.74 Å². The molecule has 2 aromatic carbocycles. The van der Waals surface area contributed by atoms with Crippen LogP contribution in [-0.4, -0.2) is 18.5 Å². The molecule has 0 saturated heterocycles. The zero-order valence-electron chi connectivity index (χ0n) is 12.9. The third kappa shape index (κ3) is 4.79. The lowest BCUT2D eigenvalue weighted by Crippen LogP contribution is -2.42. The minimum Gasteiger partial charge on any atom is -0.475 e. The molecule has 1 atom stereocenters. The van der Waals surface area contributed by atoms with E-state index < -0.39 is 23.9 Å². The summed E-state index contributed by atoms with van der Waals surface area (Å²) in [6, 6.07) is 12.0. The molecular formula is C17H16BrFN2O3. The molecule has 2 rings (SSSR count). The number of urea groups is 1. The highest BCUT2D eigenvalue weighted by Crippen LogP contribution is 2.30. The highest BCUT2D eigenvalue weighted by molar-refractivity contribution is 9.10. The number of halogens is 2. The highest BCUT2D eigenvalue weighted by Gasteiger charge is 2.25. The van der Waals surface area contributed by atoms with Crippen molar-refractivity contribution in [2.75, 3.05) is 6.54 Å². The summed E-state index contributed by atoms with van der Waals surface area (Å²) in [6.07, 6.45) is -1.06. The highest BCUT2D eigenvalue weighted by atomic mass is 79.9. The van der Waals surface area contributed by atoms with E-state index in [9.17, 15) is 14.0 Å². The minimum atomic E-state index is -1.06. The van der Waals surface area contributed by atoms with Gasteiger partial charge in [0.15, 0.2) is 0 Å². The second kappa shape index (κ2) is 8.44. The Morgan fingerprint density at radius 1 is 1.21 bits per heavy atom. The Kier molecular flexibility index (Phi) is 6.31. The molecule has 2 aromatic rings. The third-order valence-corrected chi connectivity index (χ3v) is 3.67. The standard InChI is InChI=1S/C17H16BrFN2O3/c1-2-20-17(23)21-16(22)15(11-6-4-3-5-7-11)24-14-9-8-12(19)10-13(14)18/h3-10,15H,2H2,1H3,(H2,20,21,22,23)/t15-/m1/s1. The largest absolute Gasteiger partial charge is 0.475 e. The van der Waals surface area contributed by atoms with Crippen molar-refractivity contribution < 1.29 is 18.7 Å². The maximum absolute atomic E-state index is 13.2. The molecule has 2 N–H and O–H groups in total. The summed E-state index contributed by atoms with van der Waals surface area (Å²) >= 11 is 3.20. The van der Waals surface area contributed by atoms with E-state index >= 15 is 0 Å². The van der Waals surface area contributed by atoms with Gasteiger partial charge in [-0.1, -0.05) is 30.3 Å². The second-order valence-electron chi connectivity index (χ2n) is 4.83. The van der Waals surface area contributed by atoms with Crippen LogP contribution in [0.25, 0.3) is 0 Å². The number of hydrogen-bond donors (Lipinski definition) is 2. The van der Waals surface area contributed by atoms with Crippen molar-refractivity contribution in [3.63, 3.8) is 0 Å². The van der Waals surface area contributed by atoms with Crippen LogP contribution in [0.15, 0.2) is 53.0 Å². The summed E-state index contributed by atoms with van der Waals surface area (Å²) in [5, 5.41) is 4.71. The first-order valence-corrected chi connectivity index (χ1v) is 8.06. The van der Waals surface area contributed by atoms with Crippen molar-refractivity contribution in [1.82, 2.24) is 10.6 Å². The van der Waals surface area contributed by atoms with Gasteiger partial charge in [-0.2, -0.15) is 0 Å². The van der Waals surface area contributed by atoms with Crippen LogP contribution in [0.2, 0.25) is 0 Å². The third-order valence-electron chi connectivity index (χ3n) is 3.05. The maximum Gasteiger partial charge on any atom is 0.321 e. The molecule has 126 valence electrons. The normalized spacial score (nSPS) is 11.5. The number of rotatable bonds is 5. The van der Waals surface area contributed by atoms with Crippen LogP contribution < -0.4 is 15.4 Å². The lowest BCUT2D eigenvalue weighted by molar-refractivity contribution is -0.127. The fourth-order valence-corrected chi connectivity index (χ4v) is 2.43. The number of benzene rings is 2. The topological polar surface area (TPSA) is 67.4 Å². The van der Waals surface area contributed by atoms with Gasteiger partial charge in [-0.05, 0) is 41.1 Å². The number of carbonyl (C=O) groups excluding carboxylic acids is 2. The summed E-state index contributed by atoms with van der Waals surface area (Å²) in [6.45, 7) is 2.13. The van der Waals surface area contributed by atoms with Crippen molar-refractivity contribution in [2.24, 2.45) is 0 Å². The zero-order chi connectivity index (χ0) is 17.5. The molecule has 7 heteroatoms. The summed E-state index contributed by atoms with van der Waals surface area (Å²) in [7, 11) is 0. The Morgan fingerprint density at radius 2 is 1.92 bits per heavy atom. The number of imide groups is 1. The number of amides is 3. The molecule has 3 amide bonds. The summed E-state index contributed by atoms with van der Waals surface area (Å²) < 4.78 is 19.3. The Balaban J connectivity index is 2.26. The number of nitrogens with one attached hydrogen (secondary N) is 2. The van der Waals surface area contributed by atoms with E-state index in [1.807, 2.05) is 0 Å². The maximum atomic E-state index is 13.2. The molecule has 24 heavy (non-hydrogen) atoms. The van der Waals surface area contributed by atoms with Gasteiger partial charge in [0.05, 0.1) is 4.47 Å². The number of ether oxygens (including phenoxy) is 1. The van der Waals surface area contributed by atoms with E-state index in [-0.39, 0.29) is 5.75 Å². The zero-order valence-corrected chi connectivity index (χ0v) is 14.5. The van der Waals surface area contributed by atoms with Gasteiger partial charge in [-0.15, -0.1) is 0 Å². The van der Waals surface area contributed by atoms with Crippen LogP contribution in [0, 0.1) is 5.82 Å². The van der Waals surface area contributed by atoms with Gasteiger partial charge < -0.3 is 10.1 Å². The van der Waals surface area contributed by atoms with Gasteiger partial charge in [0.2, 0.25) is 6.10 Å². The molecule has 0 aliphatic carbocycles. The monoisotopic (exact) mass is 394 g/mol. The molecule has 0 saturated carbocycles. The van der Waals surface area contributed by atoms with E-state index in [2.05, 4.69) is 26.6 Å². The van der Waals surface area contributed by atoms with Gasteiger partial charge in [0.1, 0.15) is 11.6 Å². The first-order chi connectivity index (χ1) is 11.5. The SMILES string of the molecule is CCNC(=O)NC(=O)[C@H](Oc1ccc(F)cc1Br)c1ccccc1. The van der Waals surface area contributed by atoms with Crippen molar-refractivity contribution in [2.45, 2.75) is 13.0 Å². The predicted octanol–water partition coefficient (Wildman–Crippen LogP) is 3.55. The fourth-order valence-electron chi connectivity index (χ4n) is 1.98. The predicted molar refractivity (Wildman–Crippen MR) is 91.1 cm³/mol. The molecule has 0 heterocycles. The Morgan fingerprint density at radius 3 is 2.54 bits per heavy atom. The van der Waals surface area contributed by atoms with Crippen molar-refractivity contribution in [3.8, 4) is 5.75 Å². The van der Waals surface area contributed by atoms with Gasteiger partial charge in [0, 0.05) is 12.1 Å². The molecular weight excluding hydrogens is 379 g/mol. The number of hydrogen-bond acceptors (Lipinski definition) is 3. The van der Waals surface area contributed by atoms with Crippen molar-refractivity contribution in [3.05, 3.63) is 64.4 Å². The van der Waals surface area contributed by atoms with E-state index in [0.29, 0.717) is 16.6 Å². The average molecular weight is 395 g/mol. The van der Waals surface area contributed by atoms with Crippen LogP contribution in [0.1, 0.15) is 18.6 Å². The van der Waals surface area contributed by atoms with Crippen LogP contribution in [-0.2, 0) is 4.79 Å². The Bertz CT molecular complexity index is 725. The second-order valence-corrected chi connectivity index (χ2v) is 5.69. The molecule has 0 fully saturated rings. The van der Waals surface area contributed by atoms with Crippen molar-refractivity contribution in [1.29, 1.82) is 0 Å². The lowest BCUT2D eigenvalue weighted by atomic mass is 10.1. The first kappa shape index (κ1) is 17.9. The Labute approximate surface area is 147 Å². The summed E-state index contributed by atoms with van der Waals surface area (Å²) in [5.41, 5.74) is 0.565. The van der Waals surface area contributed by atoms with Crippen LogP contribution in [0.3, 0.4) is 0 Å². The fraction of sp³-hybridized carbons (Fsp3) is 0.176. The quantitative estimate of drug-likeness (QED) is 0.814. The summed E-state index contributed by atoms with van der Waals surface area (Å²) in [5.74, 6) is -0.767. The lowest BCUT2D eigenvalue weighted by Gasteiger charge is -2.19. The molecule has 0 aromatic heterocycles. The average Bonchev–Trinajstić information content (AvgIpc) is 2.55. The first-order valence-electron chi connectivity index (χ1n) is 7.26. The van der Waals surface area contributed by atoms with Gasteiger partial charge in [0.25, 0.3) is 5.91 Å². The van der Waals surface area contributed by atoms with Gasteiger partial charge in [-0.3, -0.25) is 10.1 Å². The van der Waals surface area contributed by atoms with Crippen LogP contribution >= 0.6 is 15.9 Å². The van der Waals surface area contributed by atoms with Gasteiger partial charge >= 0.3 is 6.03 Å². The number of carbonyl (C=O) groups is 2. The van der Waals surface area contributed by atoms with E-state index in [0.717, 1.165) is 0 Å². The molecule has 0 bridgehead atoms. The minimum absolute atomic E-state index is 0.288. The van der Waals surface area contributed by atoms with E-state index in [1.165, 1.54) is 18.2 Å². The van der Waals surface area contributed by atoms with Crippen LogP contribution in [0.4, 0.5) is 9.18 Å². The molecule has 0 unspecified atom stereocenters. The van der Waals surface area contributed by atoms with E-state index in [1.54, 1.807) is 37.3 Å². The molecule has 0 radical (unpaired) electrons. The smallest absolute Gasteiger partial charge is 0.321 e. The molecule has 0 aliphatic heterocycles. The Hall–Kier alpha value is -2.41. The summed E-state index contributed by atoms with van der Waals surface area (Å²) in [4.78, 5) is 24.0.